The van der Waals surface area contributed by atoms with Gasteiger partial charge in [0, 0.05) is 43.1 Å². The Bertz CT molecular complexity index is 1250. The van der Waals surface area contributed by atoms with Crippen LogP contribution in [0.15, 0.2) is 52.3 Å². The van der Waals surface area contributed by atoms with Gasteiger partial charge in [-0.1, -0.05) is 12.8 Å². The first-order valence-electron chi connectivity index (χ1n) is 11.9. The maximum Gasteiger partial charge on any atom is 0.408 e. The highest BCUT2D eigenvalue weighted by Crippen LogP contribution is 2.53. The molecule has 2 aromatic rings. The van der Waals surface area contributed by atoms with Gasteiger partial charge in [-0.2, -0.15) is 0 Å². The summed E-state index contributed by atoms with van der Waals surface area (Å²) in [5, 5.41) is 9.97. The van der Waals surface area contributed by atoms with Crippen molar-refractivity contribution in [1.29, 1.82) is 0 Å². The van der Waals surface area contributed by atoms with Crippen LogP contribution in [0.2, 0.25) is 0 Å². The smallest absolute Gasteiger partial charge is 0.408 e. The van der Waals surface area contributed by atoms with Gasteiger partial charge in [-0.15, -0.1) is 0 Å². The molecule has 5 rings (SSSR count). The number of nitrogens with zero attached hydrogens (tertiary/aromatic N) is 2. The quantitative estimate of drug-likeness (QED) is 0.688. The van der Waals surface area contributed by atoms with Crippen molar-refractivity contribution in [3.63, 3.8) is 0 Å². The minimum atomic E-state index is -3.31. The van der Waals surface area contributed by atoms with E-state index in [4.69, 9.17) is 4.74 Å². The summed E-state index contributed by atoms with van der Waals surface area (Å²) in [6.07, 6.45) is 9.31. The Morgan fingerprint density at radius 2 is 1.82 bits per heavy atom. The maximum absolute atomic E-state index is 12.8. The molecule has 1 aromatic heterocycles. The first kappa shape index (κ1) is 23.0. The molecule has 1 amide bonds. The lowest BCUT2D eigenvalue weighted by atomic mass is 9.75. The maximum atomic E-state index is 12.8. The van der Waals surface area contributed by atoms with Crippen LogP contribution >= 0.6 is 0 Å². The van der Waals surface area contributed by atoms with Crippen molar-refractivity contribution in [3.05, 3.63) is 52.9 Å². The van der Waals surface area contributed by atoms with E-state index in [-0.39, 0.29) is 28.1 Å². The third-order valence-corrected chi connectivity index (χ3v) is 9.06. The van der Waals surface area contributed by atoms with Crippen LogP contribution in [0, 0.1) is 5.92 Å². The number of rotatable bonds is 5. The summed E-state index contributed by atoms with van der Waals surface area (Å²) < 4.78 is 31.1. The second-order valence-electron chi connectivity index (χ2n) is 9.95. The number of ether oxygens (including phenoxy) is 1. The topological polar surface area (TPSA) is 106 Å². The number of piperidine rings is 1. The molecule has 2 bridgehead atoms. The Hall–Kier alpha value is -2.81. The zero-order valence-electron chi connectivity index (χ0n) is 19.2. The predicted molar refractivity (Wildman–Crippen MR) is 126 cm³/mol. The van der Waals surface area contributed by atoms with Crippen molar-refractivity contribution in [2.24, 2.45) is 5.92 Å². The third-order valence-electron chi connectivity index (χ3n) is 7.93. The zero-order chi connectivity index (χ0) is 24.1. The Labute approximate surface area is 199 Å². The number of carboxylic acid groups (broad SMARTS) is 1. The minimum absolute atomic E-state index is 0.0365. The van der Waals surface area contributed by atoms with E-state index in [9.17, 15) is 23.1 Å². The fourth-order valence-electron chi connectivity index (χ4n) is 6.50. The Kier molecular flexibility index (Phi) is 5.70. The van der Waals surface area contributed by atoms with E-state index in [1.165, 1.54) is 22.8 Å². The monoisotopic (exact) mass is 486 g/mol. The van der Waals surface area contributed by atoms with E-state index in [1.807, 2.05) is 0 Å². The lowest BCUT2D eigenvalue weighted by Crippen LogP contribution is -2.60. The van der Waals surface area contributed by atoms with E-state index < -0.39 is 15.9 Å². The molecule has 3 fully saturated rings. The van der Waals surface area contributed by atoms with Gasteiger partial charge in [0.15, 0.2) is 9.84 Å². The molecule has 0 spiro atoms. The molecule has 3 aliphatic rings. The van der Waals surface area contributed by atoms with Crippen molar-refractivity contribution in [3.8, 4) is 11.4 Å². The highest BCUT2D eigenvalue weighted by atomic mass is 32.2. The van der Waals surface area contributed by atoms with E-state index in [0.29, 0.717) is 30.2 Å². The Balaban J connectivity index is 1.36. The van der Waals surface area contributed by atoms with Crippen molar-refractivity contribution in [2.75, 3.05) is 6.26 Å². The van der Waals surface area contributed by atoms with Gasteiger partial charge in [0.05, 0.1) is 10.4 Å². The molecule has 0 radical (unpaired) electrons. The second-order valence-corrected chi connectivity index (χ2v) is 12.0. The van der Waals surface area contributed by atoms with Crippen molar-refractivity contribution in [1.82, 2.24) is 9.47 Å². The molecule has 3 atom stereocenters. The van der Waals surface area contributed by atoms with Gasteiger partial charge in [-0.05, 0) is 61.9 Å². The molecule has 2 aliphatic heterocycles. The van der Waals surface area contributed by atoms with Crippen LogP contribution in [0.1, 0.15) is 51.4 Å². The standard InChI is InChI=1S/C25H30N2O6S/c1-34(31,32)22-8-6-18(7-9-22)26-13-11-20(15-23(26)28)33-21-14-19-10-12-25(16-21,27(19)24(29)30)17-4-2-3-5-17/h6-9,11,13,15,17,19,21H,2-5,10,12,14,16H2,1H3,(H,29,30)/t19-,21-,25+/m0/s1. The highest BCUT2D eigenvalue weighted by molar-refractivity contribution is 7.90. The molecule has 182 valence electrons. The van der Waals surface area contributed by atoms with Crippen LogP contribution in [0.25, 0.3) is 5.69 Å². The first-order chi connectivity index (χ1) is 16.2. The van der Waals surface area contributed by atoms with E-state index in [0.717, 1.165) is 44.8 Å². The third kappa shape index (κ3) is 4.00. The fraction of sp³-hybridized carbons (Fsp3) is 0.520. The van der Waals surface area contributed by atoms with Gasteiger partial charge in [0.2, 0.25) is 0 Å². The van der Waals surface area contributed by atoms with E-state index in [2.05, 4.69) is 0 Å². The lowest BCUT2D eigenvalue weighted by molar-refractivity contribution is -0.0272. The van der Waals surface area contributed by atoms with Crippen LogP contribution < -0.4 is 10.3 Å². The summed E-state index contributed by atoms with van der Waals surface area (Å²) in [5.74, 6) is 0.853. The number of sulfone groups is 1. The molecule has 1 saturated carbocycles. The average Bonchev–Trinajstić information content (AvgIpc) is 3.40. The van der Waals surface area contributed by atoms with Crippen LogP contribution in [-0.2, 0) is 9.84 Å². The summed E-state index contributed by atoms with van der Waals surface area (Å²) in [6.45, 7) is 0. The largest absolute Gasteiger partial charge is 0.490 e. The van der Waals surface area contributed by atoms with Crippen LogP contribution in [0.3, 0.4) is 0 Å². The molecule has 34 heavy (non-hydrogen) atoms. The molecule has 8 nitrogen and oxygen atoms in total. The summed E-state index contributed by atoms with van der Waals surface area (Å²) in [5.41, 5.74) is -0.0651. The molecule has 9 heteroatoms. The molecular weight excluding hydrogens is 456 g/mol. The fourth-order valence-corrected chi connectivity index (χ4v) is 7.13. The number of aromatic nitrogens is 1. The molecule has 1 aliphatic carbocycles. The van der Waals surface area contributed by atoms with Crippen LogP contribution in [-0.4, -0.2) is 53.0 Å². The molecular formula is C25H30N2O6S. The molecule has 1 N–H and O–H groups in total. The van der Waals surface area contributed by atoms with Gasteiger partial charge in [-0.25, -0.2) is 13.2 Å². The van der Waals surface area contributed by atoms with Crippen molar-refractivity contribution >= 4 is 15.9 Å². The number of carbonyl (C=O) groups is 1. The molecule has 1 aromatic carbocycles. The second kappa shape index (κ2) is 8.45. The zero-order valence-corrected chi connectivity index (χ0v) is 20.0. The normalized spacial score (nSPS) is 27.1. The number of benzene rings is 1. The van der Waals surface area contributed by atoms with Gasteiger partial charge in [0.1, 0.15) is 11.9 Å². The van der Waals surface area contributed by atoms with Gasteiger partial charge in [-0.3, -0.25) is 14.3 Å². The Morgan fingerprint density at radius 1 is 1.12 bits per heavy atom. The first-order valence-corrected chi connectivity index (χ1v) is 13.8. The number of pyridine rings is 1. The summed E-state index contributed by atoms with van der Waals surface area (Å²) in [6, 6.07) is 9.31. The van der Waals surface area contributed by atoms with Crippen molar-refractivity contribution < 1.29 is 23.1 Å². The van der Waals surface area contributed by atoms with Gasteiger partial charge < -0.3 is 9.84 Å². The molecule has 2 saturated heterocycles. The summed E-state index contributed by atoms with van der Waals surface area (Å²) in [7, 11) is -3.31. The molecule has 0 unspecified atom stereocenters. The minimum Gasteiger partial charge on any atom is -0.490 e. The average molecular weight is 487 g/mol. The van der Waals surface area contributed by atoms with E-state index >= 15 is 0 Å². The van der Waals surface area contributed by atoms with Gasteiger partial charge in [0.25, 0.3) is 5.56 Å². The van der Waals surface area contributed by atoms with Crippen LogP contribution in [0.4, 0.5) is 4.79 Å². The summed E-state index contributed by atoms with van der Waals surface area (Å²) >= 11 is 0. The van der Waals surface area contributed by atoms with E-state index in [1.54, 1.807) is 29.3 Å². The lowest BCUT2D eigenvalue weighted by Gasteiger charge is -2.49. The number of fused-ring (bicyclic) bond motifs is 2. The molecule has 3 heterocycles. The highest BCUT2D eigenvalue weighted by Gasteiger charge is 2.58. The number of amides is 1. The SMILES string of the molecule is CS(=O)(=O)c1ccc(-n2ccc(O[C@H]3C[C@@H]4CC[C@](C5CCCC5)(C3)N4C(=O)O)cc2=O)cc1. The Morgan fingerprint density at radius 3 is 2.44 bits per heavy atom. The van der Waals surface area contributed by atoms with Crippen LogP contribution in [0.5, 0.6) is 5.75 Å². The van der Waals surface area contributed by atoms with Gasteiger partial charge >= 0.3 is 6.09 Å². The summed E-state index contributed by atoms with van der Waals surface area (Å²) in [4.78, 5) is 26.9. The number of hydrogen-bond acceptors (Lipinski definition) is 5. The van der Waals surface area contributed by atoms with Crippen molar-refractivity contribution in [2.45, 2.75) is 73.9 Å². The predicted octanol–water partition coefficient (Wildman–Crippen LogP) is 3.85. The number of hydrogen-bond donors (Lipinski definition) is 1.